The molecule has 0 aliphatic carbocycles. The Kier molecular flexibility index (Phi) is 8.03. The highest BCUT2D eigenvalue weighted by Gasteiger charge is 2.31. The predicted molar refractivity (Wildman–Crippen MR) is 127 cm³/mol. The second kappa shape index (κ2) is 11.4. The first-order valence-corrected chi connectivity index (χ1v) is 11.6. The Morgan fingerprint density at radius 3 is 2.71 bits per heavy atom. The van der Waals surface area contributed by atoms with Gasteiger partial charge in [0.15, 0.2) is 23.1 Å². The lowest BCUT2D eigenvalue weighted by atomic mass is 9.96. The second-order valence-corrected chi connectivity index (χ2v) is 8.68. The third kappa shape index (κ3) is 6.48. The van der Waals surface area contributed by atoms with Crippen molar-refractivity contribution in [1.29, 1.82) is 0 Å². The minimum atomic E-state index is -0.971. The number of halogens is 1. The lowest BCUT2D eigenvalue weighted by Gasteiger charge is -2.27. The number of rotatable bonds is 10. The van der Waals surface area contributed by atoms with Gasteiger partial charge in [-0.2, -0.15) is 5.10 Å². The van der Waals surface area contributed by atoms with E-state index in [2.05, 4.69) is 10.00 Å². The van der Waals surface area contributed by atoms with Gasteiger partial charge in [0, 0.05) is 25.5 Å². The van der Waals surface area contributed by atoms with E-state index in [0.717, 1.165) is 31.6 Å². The van der Waals surface area contributed by atoms with E-state index in [1.807, 2.05) is 35.1 Å². The molecular formula is C26H32FN3O4. The van der Waals surface area contributed by atoms with Crippen molar-refractivity contribution in [3.8, 4) is 17.2 Å². The van der Waals surface area contributed by atoms with Gasteiger partial charge in [-0.05, 0) is 61.7 Å². The van der Waals surface area contributed by atoms with Gasteiger partial charge in [-0.3, -0.25) is 9.58 Å². The van der Waals surface area contributed by atoms with Crippen molar-refractivity contribution in [2.75, 3.05) is 33.4 Å². The highest BCUT2D eigenvalue weighted by molar-refractivity contribution is 5.43. The summed E-state index contributed by atoms with van der Waals surface area (Å²) in [6.45, 7) is 3.58. The fraction of sp³-hybridized carbons (Fsp3) is 0.423. The van der Waals surface area contributed by atoms with Crippen LogP contribution in [0.2, 0.25) is 0 Å². The Labute approximate surface area is 199 Å². The third-order valence-electron chi connectivity index (χ3n) is 6.11. The molecule has 1 atom stereocenters. The van der Waals surface area contributed by atoms with Gasteiger partial charge in [-0.25, -0.2) is 4.39 Å². The second-order valence-electron chi connectivity index (χ2n) is 8.68. The zero-order chi connectivity index (χ0) is 23.8. The average Bonchev–Trinajstić information content (AvgIpc) is 3.29. The lowest BCUT2D eigenvalue weighted by Crippen LogP contribution is -2.37. The van der Waals surface area contributed by atoms with Crippen molar-refractivity contribution in [3.63, 3.8) is 0 Å². The van der Waals surface area contributed by atoms with E-state index >= 15 is 0 Å². The number of methoxy groups -OCH3 is 1. The van der Waals surface area contributed by atoms with Crippen LogP contribution in [0.25, 0.3) is 0 Å². The van der Waals surface area contributed by atoms with Gasteiger partial charge < -0.3 is 19.3 Å². The van der Waals surface area contributed by atoms with E-state index in [1.165, 1.54) is 6.07 Å². The molecule has 0 saturated carbocycles. The molecule has 1 N–H and O–H groups in total. The summed E-state index contributed by atoms with van der Waals surface area (Å²) in [5.41, 5.74) is 0.144. The standard InChI is InChI=1S/C26H32FN3O4/c1-32-25-18-21(8-9-24(25)33-17-16-30-14-5-12-28-30)19-29-13-4-10-26(31,11-15-29)20-34-23-7-3-2-6-22(23)27/h2-3,5-9,12,14,18,31H,4,10-11,13,15-17,19-20H2,1H3. The van der Waals surface area contributed by atoms with Crippen LogP contribution in [0.4, 0.5) is 4.39 Å². The van der Waals surface area contributed by atoms with E-state index in [9.17, 15) is 9.50 Å². The Hall–Kier alpha value is -3.10. The fourth-order valence-corrected chi connectivity index (χ4v) is 4.18. The molecule has 34 heavy (non-hydrogen) atoms. The van der Waals surface area contributed by atoms with Crippen molar-refractivity contribution in [1.82, 2.24) is 14.7 Å². The van der Waals surface area contributed by atoms with Gasteiger partial charge in [0.2, 0.25) is 0 Å². The predicted octanol–water partition coefficient (Wildman–Crippen LogP) is 3.91. The van der Waals surface area contributed by atoms with E-state index in [-0.39, 0.29) is 12.4 Å². The van der Waals surface area contributed by atoms with Crippen LogP contribution in [-0.2, 0) is 13.1 Å². The highest BCUT2D eigenvalue weighted by atomic mass is 19.1. The van der Waals surface area contributed by atoms with E-state index in [4.69, 9.17) is 14.2 Å². The number of aliphatic hydroxyl groups is 1. The maximum atomic E-state index is 13.8. The lowest BCUT2D eigenvalue weighted by molar-refractivity contribution is -0.0177. The molecule has 7 nitrogen and oxygen atoms in total. The monoisotopic (exact) mass is 469 g/mol. The Morgan fingerprint density at radius 2 is 1.91 bits per heavy atom. The number of nitrogens with zero attached hydrogens (tertiary/aromatic N) is 3. The van der Waals surface area contributed by atoms with Gasteiger partial charge in [-0.1, -0.05) is 18.2 Å². The molecule has 0 bridgehead atoms. The van der Waals surface area contributed by atoms with Gasteiger partial charge in [0.25, 0.3) is 0 Å². The fourth-order valence-electron chi connectivity index (χ4n) is 4.18. The largest absolute Gasteiger partial charge is 0.493 e. The SMILES string of the molecule is COc1cc(CN2CCCC(O)(COc3ccccc3F)CC2)ccc1OCCn1cccn1. The summed E-state index contributed by atoms with van der Waals surface area (Å²) >= 11 is 0. The van der Waals surface area contributed by atoms with Gasteiger partial charge in [0.1, 0.15) is 13.2 Å². The molecule has 0 amide bonds. The number of likely N-dealkylation sites (tertiary alicyclic amines) is 1. The summed E-state index contributed by atoms with van der Waals surface area (Å²) in [7, 11) is 1.64. The molecule has 2 aromatic carbocycles. The van der Waals surface area contributed by atoms with Crippen LogP contribution in [0.3, 0.4) is 0 Å². The number of aromatic nitrogens is 2. The van der Waals surface area contributed by atoms with Gasteiger partial charge in [-0.15, -0.1) is 0 Å². The summed E-state index contributed by atoms with van der Waals surface area (Å²) in [5.74, 6) is 1.16. The molecule has 1 aromatic heterocycles. The Morgan fingerprint density at radius 1 is 1.03 bits per heavy atom. The molecule has 0 radical (unpaired) electrons. The van der Waals surface area contributed by atoms with Crippen molar-refractivity contribution < 1.29 is 23.7 Å². The van der Waals surface area contributed by atoms with Gasteiger partial charge >= 0.3 is 0 Å². The molecule has 1 saturated heterocycles. The molecular weight excluding hydrogens is 437 g/mol. The van der Waals surface area contributed by atoms with E-state index in [0.29, 0.717) is 37.5 Å². The molecule has 0 spiro atoms. The van der Waals surface area contributed by atoms with Crippen molar-refractivity contribution in [2.45, 2.75) is 38.0 Å². The molecule has 1 aliphatic heterocycles. The Bertz CT molecular complexity index is 1050. The number of hydrogen-bond acceptors (Lipinski definition) is 6. The van der Waals surface area contributed by atoms with Crippen LogP contribution in [0.1, 0.15) is 24.8 Å². The number of hydrogen-bond donors (Lipinski definition) is 1. The number of para-hydroxylation sites is 1. The van der Waals surface area contributed by atoms with Crippen LogP contribution in [0, 0.1) is 5.82 Å². The Balaban J connectivity index is 1.29. The zero-order valence-corrected chi connectivity index (χ0v) is 19.5. The summed E-state index contributed by atoms with van der Waals surface area (Å²) in [6, 6.07) is 14.2. The van der Waals surface area contributed by atoms with Crippen molar-refractivity contribution in [3.05, 3.63) is 72.3 Å². The summed E-state index contributed by atoms with van der Waals surface area (Å²) in [6.07, 6.45) is 5.66. The molecule has 1 unspecified atom stereocenters. The maximum absolute atomic E-state index is 13.8. The average molecular weight is 470 g/mol. The molecule has 182 valence electrons. The highest BCUT2D eigenvalue weighted by Crippen LogP contribution is 2.30. The summed E-state index contributed by atoms with van der Waals surface area (Å²) in [5, 5.41) is 15.2. The van der Waals surface area contributed by atoms with Crippen LogP contribution in [0.15, 0.2) is 60.9 Å². The normalized spacial score (nSPS) is 18.9. The van der Waals surface area contributed by atoms with E-state index in [1.54, 1.807) is 31.5 Å². The van der Waals surface area contributed by atoms with Crippen molar-refractivity contribution in [2.24, 2.45) is 0 Å². The molecule has 3 aromatic rings. The van der Waals surface area contributed by atoms with Crippen LogP contribution in [-0.4, -0.2) is 58.8 Å². The van der Waals surface area contributed by atoms with E-state index < -0.39 is 11.4 Å². The first-order chi connectivity index (χ1) is 16.5. The zero-order valence-electron chi connectivity index (χ0n) is 19.5. The maximum Gasteiger partial charge on any atom is 0.165 e. The quantitative estimate of drug-likeness (QED) is 0.486. The van der Waals surface area contributed by atoms with Crippen LogP contribution < -0.4 is 14.2 Å². The summed E-state index contributed by atoms with van der Waals surface area (Å²) in [4.78, 5) is 2.31. The molecule has 1 aliphatic rings. The molecule has 8 heteroatoms. The minimum absolute atomic E-state index is 0.0835. The molecule has 1 fully saturated rings. The van der Waals surface area contributed by atoms with Gasteiger partial charge in [0.05, 0.1) is 19.3 Å². The van der Waals surface area contributed by atoms with Crippen LogP contribution in [0.5, 0.6) is 17.2 Å². The minimum Gasteiger partial charge on any atom is -0.493 e. The first-order valence-electron chi connectivity index (χ1n) is 11.6. The van der Waals surface area contributed by atoms with Crippen LogP contribution >= 0.6 is 0 Å². The van der Waals surface area contributed by atoms with Crippen molar-refractivity contribution >= 4 is 0 Å². The smallest absolute Gasteiger partial charge is 0.165 e. The summed E-state index contributed by atoms with van der Waals surface area (Å²) < 4.78 is 32.7. The molecule has 2 heterocycles. The number of ether oxygens (including phenoxy) is 3. The first kappa shape index (κ1) is 24.0. The topological polar surface area (TPSA) is 69.0 Å². The molecule has 4 rings (SSSR count). The third-order valence-corrected chi connectivity index (χ3v) is 6.11. The number of benzene rings is 2.